The van der Waals surface area contributed by atoms with Crippen molar-refractivity contribution >= 4 is 33.1 Å². The number of nitrogens with one attached hydrogen (secondary N) is 3. The molecule has 0 aromatic heterocycles. The largest absolute Gasteiger partial charge is 0.354 e. The van der Waals surface area contributed by atoms with Gasteiger partial charge in [-0.25, -0.2) is 0 Å². The van der Waals surface area contributed by atoms with Crippen LogP contribution in [0.5, 0.6) is 0 Å². The van der Waals surface area contributed by atoms with E-state index in [-0.39, 0.29) is 0 Å². The topological polar surface area (TPSA) is 82.6 Å². The molecule has 1 heterocycles. The molecule has 3 N–H and O–H groups in total. The van der Waals surface area contributed by atoms with Gasteiger partial charge in [0.15, 0.2) is 5.96 Å². The molecule has 0 saturated carbocycles. The minimum absolute atomic E-state index is 0.756. The minimum Gasteiger partial charge on any atom is -0.354 e. The van der Waals surface area contributed by atoms with E-state index in [0.29, 0.717) is 0 Å². The van der Waals surface area contributed by atoms with Crippen molar-refractivity contribution in [2.45, 2.75) is 27.7 Å². The van der Waals surface area contributed by atoms with Crippen molar-refractivity contribution in [1.82, 2.24) is 5.32 Å². The molecule has 0 radical (unpaired) electrons. The predicted molar refractivity (Wildman–Crippen MR) is 87.9 cm³/mol. The molecule has 0 saturated heterocycles. The molecule has 0 unspecified atom stereocenters. The highest BCUT2D eigenvalue weighted by Crippen LogP contribution is 2.34. The first kappa shape index (κ1) is 15.4. The van der Waals surface area contributed by atoms with E-state index < -0.39 is 10.3 Å². The molecule has 1 aliphatic heterocycles. The zero-order valence-corrected chi connectivity index (χ0v) is 13.5. The predicted octanol–water partition coefficient (Wildman–Crippen LogP) is 1.34. The van der Waals surface area contributed by atoms with E-state index >= 15 is 0 Å². The third kappa shape index (κ3) is 3.18. The number of aliphatic imine (C=N–C) groups is 1. The van der Waals surface area contributed by atoms with E-state index in [1.54, 1.807) is 0 Å². The second-order valence-corrected chi connectivity index (χ2v) is 5.81. The smallest absolute Gasteiger partial charge is 0.230 e. The first-order valence-corrected chi connectivity index (χ1v) is 7.89. The Balaban J connectivity index is 2.51. The Kier molecular flexibility index (Phi) is 4.52. The average molecular weight is 308 g/mol. The number of guanidine groups is 1. The van der Waals surface area contributed by atoms with Gasteiger partial charge in [0, 0.05) is 17.9 Å². The highest BCUT2D eigenvalue weighted by atomic mass is 32.2. The summed E-state index contributed by atoms with van der Waals surface area (Å²) in [6, 6.07) is 0. The minimum atomic E-state index is -2.25. The number of hydrogen-bond donors (Lipinski definition) is 3. The van der Waals surface area contributed by atoms with E-state index in [0.717, 1.165) is 58.2 Å². The fourth-order valence-corrected chi connectivity index (χ4v) is 2.67. The quantitative estimate of drug-likeness (QED) is 0.734. The lowest BCUT2D eigenvalue weighted by Gasteiger charge is -2.21. The zero-order chi connectivity index (χ0) is 15.6. The van der Waals surface area contributed by atoms with Crippen LogP contribution in [-0.2, 0) is 10.3 Å². The monoisotopic (exact) mass is 308 g/mol. The molecule has 114 valence electrons. The summed E-state index contributed by atoms with van der Waals surface area (Å²) in [5, 5.41) is 9.36. The summed E-state index contributed by atoms with van der Waals surface area (Å²) in [4.78, 5) is 4.34. The Morgan fingerprint density at radius 1 is 1.05 bits per heavy atom. The van der Waals surface area contributed by atoms with Crippen molar-refractivity contribution in [3.63, 3.8) is 0 Å². The molecule has 1 aliphatic rings. The Morgan fingerprint density at radius 2 is 1.71 bits per heavy atom. The maximum atomic E-state index is 10.7. The standard InChI is InChI=1S/C14H20N4O2S/c1-8-9(2)12(17-7-21(19)20)11(4)13(10(8)3)18-14-15-5-6-16-14/h7,17H,5-6H2,1-4H3,(H2,15,16,18). The fourth-order valence-electron chi connectivity index (χ4n) is 2.45. The number of anilines is 2. The second kappa shape index (κ2) is 6.17. The summed E-state index contributed by atoms with van der Waals surface area (Å²) >= 11 is 0. The number of nitrogens with zero attached hydrogens (tertiary/aromatic N) is 1. The van der Waals surface area contributed by atoms with Crippen molar-refractivity contribution in [1.29, 1.82) is 0 Å². The van der Waals surface area contributed by atoms with E-state index in [9.17, 15) is 8.42 Å². The van der Waals surface area contributed by atoms with Crippen LogP contribution in [0.1, 0.15) is 22.3 Å². The summed E-state index contributed by atoms with van der Waals surface area (Å²) in [7, 11) is -2.25. The van der Waals surface area contributed by atoms with Crippen LogP contribution in [-0.4, -0.2) is 33.0 Å². The molecule has 1 aromatic rings. The Bertz CT molecular complexity index is 728. The van der Waals surface area contributed by atoms with Crippen molar-refractivity contribution < 1.29 is 8.42 Å². The van der Waals surface area contributed by atoms with Gasteiger partial charge >= 0.3 is 0 Å². The second-order valence-electron chi connectivity index (χ2n) is 5.05. The van der Waals surface area contributed by atoms with E-state index in [4.69, 9.17) is 0 Å². The summed E-state index contributed by atoms with van der Waals surface area (Å²) in [6.07, 6.45) is 0. The van der Waals surface area contributed by atoms with E-state index in [1.165, 1.54) is 0 Å². The van der Waals surface area contributed by atoms with Crippen LogP contribution in [0.2, 0.25) is 0 Å². The number of benzene rings is 1. The van der Waals surface area contributed by atoms with Crippen molar-refractivity contribution in [2.24, 2.45) is 4.99 Å². The van der Waals surface area contributed by atoms with Gasteiger partial charge in [-0.05, 0) is 49.9 Å². The molecule has 1 aromatic carbocycles. The zero-order valence-electron chi connectivity index (χ0n) is 12.7. The lowest BCUT2D eigenvalue weighted by molar-refractivity contribution is 0.627. The molecular weight excluding hydrogens is 288 g/mol. The maximum absolute atomic E-state index is 10.7. The molecule has 7 heteroatoms. The molecule has 0 fully saturated rings. The van der Waals surface area contributed by atoms with Gasteiger partial charge in [0.2, 0.25) is 10.3 Å². The summed E-state index contributed by atoms with van der Waals surface area (Å²) in [5.41, 5.74) is 7.08. The van der Waals surface area contributed by atoms with Crippen LogP contribution in [0.15, 0.2) is 4.99 Å². The molecular formula is C14H20N4O2S. The van der Waals surface area contributed by atoms with Crippen LogP contribution in [0.25, 0.3) is 0 Å². The van der Waals surface area contributed by atoms with Crippen molar-refractivity contribution in [2.75, 3.05) is 23.7 Å². The molecule has 0 atom stereocenters. The van der Waals surface area contributed by atoms with Gasteiger partial charge in [0.25, 0.3) is 0 Å². The van der Waals surface area contributed by atoms with Gasteiger partial charge in [-0.2, -0.15) is 8.42 Å². The number of rotatable bonds is 3. The Morgan fingerprint density at radius 3 is 2.29 bits per heavy atom. The van der Waals surface area contributed by atoms with Gasteiger partial charge < -0.3 is 16.0 Å². The first-order valence-electron chi connectivity index (χ1n) is 6.75. The normalized spacial score (nSPS) is 13.4. The third-order valence-corrected chi connectivity index (χ3v) is 4.15. The SMILES string of the molecule is Cc1c(C)c(NC=S(=O)=O)c(C)c(NC2=NCCN2)c1C. The Labute approximate surface area is 126 Å². The van der Waals surface area contributed by atoms with Crippen molar-refractivity contribution in [3.8, 4) is 0 Å². The fraction of sp³-hybridized carbons (Fsp3) is 0.429. The highest BCUT2D eigenvalue weighted by molar-refractivity contribution is 7.71. The van der Waals surface area contributed by atoms with Crippen LogP contribution in [0, 0.1) is 27.7 Å². The van der Waals surface area contributed by atoms with Crippen LogP contribution in [0.3, 0.4) is 0 Å². The average Bonchev–Trinajstić information content (AvgIpc) is 2.94. The molecule has 0 aliphatic carbocycles. The molecule has 0 amide bonds. The van der Waals surface area contributed by atoms with Gasteiger partial charge in [-0.1, -0.05) is 0 Å². The van der Waals surface area contributed by atoms with Gasteiger partial charge in [0.05, 0.1) is 6.54 Å². The lowest BCUT2D eigenvalue weighted by atomic mass is 9.96. The van der Waals surface area contributed by atoms with Gasteiger partial charge in [-0.15, -0.1) is 0 Å². The van der Waals surface area contributed by atoms with Crippen LogP contribution < -0.4 is 16.0 Å². The van der Waals surface area contributed by atoms with Crippen LogP contribution in [0.4, 0.5) is 11.4 Å². The van der Waals surface area contributed by atoms with E-state index in [2.05, 4.69) is 20.9 Å². The van der Waals surface area contributed by atoms with Crippen molar-refractivity contribution in [3.05, 3.63) is 22.3 Å². The molecule has 2 rings (SSSR count). The number of hydrogen-bond acceptors (Lipinski definition) is 5. The van der Waals surface area contributed by atoms with Gasteiger partial charge in [-0.3, -0.25) is 4.99 Å². The summed E-state index contributed by atoms with van der Waals surface area (Å²) in [5.74, 6) is 0.756. The lowest BCUT2D eigenvalue weighted by Crippen LogP contribution is -2.27. The molecule has 21 heavy (non-hydrogen) atoms. The van der Waals surface area contributed by atoms with E-state index in [1.807, 2.05) is 27.7 Å². The Hall–Kier alpha value is -2.02. The third-order valence-electron chi connectivity index (χ3n) is 3.84. The maximum Gasteiger partial charge on any atom is 0.230 e. The molecule has 6 nitrogen and oxygen atoms in total. The molecule has 0 spiro atoms. The highest BCUT2D eigenvalue weighted by Gasteiger charge is 2.16. The summed E-state index contributed by atoms with van der Waals surface area (Å²) < 4.78 is 21.5. The van der Waals surface area contributed by atoms with Crippen LogP contribution >= 0.6 is 0 Å². The molecule has 0 bridgehead atoms. The summed E-state index contributed by atoms with van der Waals surface area (Å²) in [6.45, 7) is 9.61. The first-order chi connectivity index (χ1) is 9.91. The van der Waals surface area contributed by atoms with Gasteiger partial charge in [0.1, 0.15) is 5.49 Å².